The van der Waals surface area contributed by atoms with Crippen molar-refractivity contribution >= 4 is 23.5 Å². The first-order valence-electron chi connectivity index (χ1n) is 10.9. The van der Waals surface area contributed by atoms with Crippen LogP contribution in [0, 0.1) is 21.4 Å². The summed E-state index contributed by atoms with van der Waals surface area (Å²) in [5.41, 5.74) is 5.23. The van der Waals surface area contributed by atoms with E-state index in [0.29, 0.717) is 0 Å². The van der Waals surface area contributed by atoms with E-state index in [4.69, 9.17) is 5.26 Å². The van der Waals surface area contributed by atoms with E-state index in [2.05, 4.69) is 55.1 Å². The van der Waals surface area contributed by atoms with Gasteiger partial charge in [-0.05, 0) is 59.4 Å². The third-order valence-corrected chi connectivity index (χ3v) is 5.27. The molecule has 5 heteroatoms. The van der Waals surface area contributed by atoms with E-state index in [0.717, 1.165) is 42.6 Å². The SMILES string of the molecule is CCCN(CCC)c1ccc(-c2ccc(/C=C/c3ccc([N+](=O)[O-])c(C#N)c3)cc2)cc1. The van der Waals surface area contributed by atoms with Crippen LogP contribution in [0.1, 0.15) is 43.4 Å². The highest BCUT2D eigenvalue weighted by molar-refractivity contribution is 5.74. The lowest BCUT2D eigenvalue weighted by Crippen LogP contribution is -2.24. The van der Waals surface area contributed by atoms with Crippen LogP contribution in [0.25, 0.3) is 23.3 Å². The Morgan fingerprint density at radius 2 is 1.41 bits per heavy atom. The molecule has 162 valence electrons. The van der Waals surface area contributed by atoms with Gasteiger partial charge in [0.1, 0.15) is 11.6 Å². The quantitative estimate of drug-likeness (QED) is 0.212. The lowest BCUT2D eigenvalue weighted by molar-refractivity contribution is -0.385. The minimum atomic E-state index is -0.539. The number of hydrogen-bond donors (Lipinski definition) is 0. The van der Waals surface area contributed by atoms with Gasteiger partial charge in [-0.3, -0.25) is 10.1 Å². The van der Waals surface area contributed by atoms with Crippen LogP contribution < -0.4 is 4.90 Å². The average molecular weight is 426 g/mol. The Bertz CT molecular complexity index is 1120. The minimum absolute atomic E-state index is 0.0624. The van der Waals surface area contributed by atoms with E-state index in [1.54, 1.807) is 6.07 Å². The molecule has 0 fully saturated rings. The molecule has 0 saturated carbocycles. The van der Waals surface area contributed by atoms with Crippen molar-refractivity contribution < 1.29 is 4.92 Å². The van der Waals surface area contributed by atoms with Crippen LogP contribution in [0.5, 0.6) is 0 Å². The molecule has 0 atom stereocenters. The van der Waals surface area contributed by atoms with Gasteiger partial charge >= 0.3 is 0 Å². The lowest BCUT2D eigenvalue weighted by Gasteiger charge is -2.24. The fourth-order valence-electron chi connectivity index (χ4n) is 3.66. The van der Waals surface area contributed by atoms with Gasteiger partial charge in [0.05, 0.1) is 4.92 Å². The molecule has 0 aliphatic carbocycles. The molecule has 3 aromatic carbocycles. The van der Waals surface area contributed by atoms with Gasteiger partial charge in [0.25, 0.3) is 5.69 Å². The summed E-state index contributed by atoms with van der Waals surface area (Å²) in [5.74, 6) is 0. The molecule has 0 amide bonds. The Morgan fingerprint density at radius 3 is 1.94 bits per heavy atom. The molecule has 3 aromatic rings. The van der Waals surface area contributed by atoms with E-state index in [9.17, 15) is 10.1 Å². The Labute approximate surface area is 189 Å². The van der Waals surface area contributed by atoms with Crippen molar-refractivity contribution in [1.82, 2.24) is 0 Å². The molecule has 0 saturated heterocycles. The van der Waals surface area contributed by atoms with Crippen LogP contribution in [0.15, 0.2) is 66.7 Å². The summed E-state index contributed by atoms with van der Waals surface area (Å²) in [4.78, 5) is 12.8. The fourth-order valence-corrected chi connectivity index (χ4v) is 3.66. The second kappa shape index (κ2) is 10.9. The van der Waals surface area contributed by atoms with Crippen LogP contribution >= 0.6 is 0 Å². The van der Waals surface area contributed by atoms with Crippen molar-refractivity contribution in [2.24, 2.45) is 0 Å². The highest BCUT2D eigenvalue weighted by Crippen LogP contribution is 2.25. The highest BCUT2D eigenvalue weighted by Gasteiger charge is 2.12. The van der Waals surface area contributed by atoms with Gasteiger partial charge in [0.15, 0.2) is 0 Å². The Hall–Kier alpha value is -3.91. The molecule has 0 aromatic heterocycles. The lowest BCUT2D eigenvalue weighted by atomic mass is 10.0. The third kappa shape index (κ3) is 5.61. The summed E-state index contributed by atoms with van der Waals surface area (Å²) in [5, 5.41) is 20.1. The van der Waals surface area contributed by atoms with E-state index < -0.39 is 4.92 Å². The maximum absolute atomic E-state index is 11.0. The fraction of sp³-hybridized carbons (Fsp3) is 0.222. The van der Waals surface area contributed by atoms with Gasteiger partial charge in [0.2, 0.25) is 0 Å². The number of nitro groups is 1. The number of rotatable bonds is 9. The molecule has 32 heavy (non-hydrogen) atoms. The molecule has 0 radical (unpaired) electrons. The maximum Gasteiger partial charge on any atom is 0.287 e. The van der Waals surface area contributed by atoms with Gasteiger partial charge in [0, 0.05) is 24.8 Å². The highest BCUT2D eigenvalue weighted by atomic mass is 16.6. The molecule has 0 bridgehead atoms. The first-order valence-corrected chi connectivity index (χ1v) is 10.9. The molecule has 0 aliphatic rings. The zero-order chi connectivity index (χ0) is 22.9. The zero-order valence-electron chi connectivity index (χ0n) is 18.5. The first-order chi connectivity index (χ1) is 15.5. The molecule has 0 N–H and O–H groups in total. The summed E-state index contributed by atoms with van der Waals surface area (Å²) in [6, 6.07) is 23.4. The first kappa shape index (κ1) is 22.8. The summed E-state index contributed by atoms with van der Waals surface area (Å²) >= 11 is 0. The van der Waals surface area contributed by atoms with Crippen molar-refractivity contribution in [3.05, 3.63) is 93.5 Å². The standard InChI is InChI=1S/C27H27N3O2/c1-3-17-29(18-4-2)26-14-12-24(13-15-26)23-10-7-21(8-11-23)5-6-22-9-16-27(30(31)32)25(19-22)20-28/h5-16,19H,3-4,17-18H2,1-2H3/b6-5+. The van der Waals surface area contributed by atoms with Crippen molar-refractivity contribution in [2.45, 2.75) is 26.7 Å². The molecule has 3 rings (SSSR count). The summed E-state index contributed by atoms with van der Waals surface area (Å²) < 4.78 is 0. The van der Waals surface area contributed by atoms with E-state index in [-0.39, 0.29) is 11.3 Å². The normalized spacial score (nSPS) is 10.8. The summed E-state index contributed by atoms with van der Waals surface area (Å²) in [7, 11) is 0. The summed E-state index contributed by atoms with van der Waals surface area (Å²) in [6.45, 7) is 6.55. The topological polar surface area (TPSA) is 70.2 Å². The van der Waals surface area contributed by atoms with Crippen LogP contribution in [-0.4, -0.2) is 18.0 Å². The van der Waals surface area contributed by atoms with Crippen LogP contribution in [-0.2, 0) is 0 Å². The van der Waals surface area contributed by atoms with Crippen molar-refractivity contribution in [2.75, 3.05) is 18.0 Å². The predicted octanol–water partition coefficient (Wildman–Crippen LogP) is 6.93. The summed E-state index contributed by atoms with van der Waals surface area (Å²) in [6.07, 6.45) is 6.05. The average Bonchev–Trinajstić information content (AvgIpc) is 2.82. The van der Waals surface area contributed by atoms with Crippen molar-refractivity contribution in [3.8, 4) is 17.2 Å². The molecule has 5 nitrogen and oxygen atoms in total. The second-order valence-corrected chi connectivity index (χ2v) is 7.63. The number of nitrogens with zero attached hydrogens (tertiary/aromatic N) is 3. The van der Waals surface area contributed by atoms with Crippen LogP contribution in [0.4, 0.5) is 11.4 Å². The molecule has 0 unspecified atom stereocenters. The number of nitro benzene ring substituents is 1. The molecular weight excluding hydrogens is 398 g/mol. The second-order valence-electron chi connectivity index (χ2n) is 7.63. The largest absolute Gasteiger partial charge is 0.372 e. The minimum Gasteiger partial charge on any atom is -0.372 e. The van der Waals surface area contributed by atoms with Gasteiger partial charge < -0.3 is 4.90 Å². The van der Waals surface area contributed by atoms with Crippen molar-refractivity contribution in [3.63, 3.8) is 0 Å². The van der Waals surface area contributed by atoms with Gasteiger partial charge in [-0.1, -0.05) is 62.4 Å². The Balaban J connectivity index is 1.73. The van der Waals surface area contributed by atoms with Crippen molar-refractivity contribution in [1.29, 1.82) is 5.26 Å². The maximum atomic E-state index is 11.0. The third-order valence-electron chi connectivity index (χ3n) is 5.27. The van der Waals surface area contributed by atoms with E-state index in [1.807, 2.05) is 30.4 Å². The Kier molecular flexibility index (Phi) is 7.77. The predicted molar refractivity (Wildman–Crippen MR) is 131 cm³/mol. The molecule has 0 heterocycles. The number of anilines is 1. The van der Waals surface area contributed by atoms with Gasteiger partial charge in [-0.15, -0.1) is 0 Å². The smallest absolute Gasteiger partial charge is 0.287 e. The molecular formula is C27H27N3O2. The van der Waals surface area contributed by atoms with E-state index in [1.165, 1.54) is 23.4 Å². The van der Waals surface area contributed by atoms with Crippen LogP contribution in [0.2, 0.25) is 0 Å². The number of hydrogen-bond acceptors (Lipinski definition) is 4. The Morgan fingerprint density at radius 1 is 0.875 bits per heavy atom. The zero-order valence-corrected chi connectivity index (χ0v) is 18.5. The monoisotopic (exact) mass is 425 g/mol. The van der Waals surface area contributed by atoms with Gasteiger partial charge in [-0.2, -0.15) is 5.26 Å². The van der Waals surface area contributed by atoms with E-state index >= 15 is 0 Å². The molecule has 0 spiro atoms. The van der Waals surface area contributed by atoms with Gasteiger partial charge in [-0.25, -0.2) is 0 Å². The van der Waals surface area contributed by atoms with Crippen LogP contribution in [0.3, 0.4) is 0 Å². The number of benzene rings is 3. The molecule has 0 aliphatic heterocycles. The number of nitriles is 1.